The molecule has 3 heterocycles. The highest BCUT2D eigenvalue weighted by Gasteiger charge is 2.40. The summed E-state index contributed by atoms with van der Waals surface area (Å²) >= 11 is 0. The van der Waals surface area contributed by atoms with Crippen molar-refractivity contribution in [3.8, 4) is 5.75 Å². The van der Waals surface area contributed by atoms with Crippen molar-refractivity contribution in [1.29, 1.82) is 0 Å². The van der Waals surface area contributed by atoms with Gasteiger partial charge in [0.25, 0.3) is 0 Å². The lowest BCUT2D eigenvalue weighted by atomic mass is 9.73. The number of hydrogen-bond donors (Lipinski definition) is 0. The van der Waals surface area contributed by atoms with Crippen LogP contribution in [0.3, 0.4) is 0 Å². The first-order chi connectivity index (χ1) is 16.2. The molecular weight excluding hydrogens is 410 g/mol. The molecule has 2 aliphatic heterocycles. The van der Waals surface area contributed by atoms with E-state index in [2.05, 4.69) is 45.1 Å². The van der Waals surface area contributed by atoms with Gasteiger partial charge in [0.15, 0.2) is 0 Å². The summed E-state index contributed by atoms with van der Waals surface area (Å²) in [5.74, 6) is 1.78. The molecule has 0 N–H and O–H groups in total. The van der Waals surface area contributed by atoms with Crippen LogP contribution in [0.15, 0.2) is 48.8 Å². The fourth-order valence-corrected chi connectivity index (χ4v) is 5.67. The van der Waals surface area contributed by atoms with Crippen LogP contribution in [0, 0.1) is 11.3 Å². The topological polar surface area (TPSA) is 45.7 Å². The summed E-state index contributed by atoms with van der Waals surface area (Å²) in [4.78, 5) is 21.7. The summed E-state index contributed by atoms with van der Waals surface area (Å²) in [5, 5.41) is 0. The van der Waals surface area contributed by atoms with E-state index in [0.717, 1.165) is 70.6 Å². The molecule has 0 atom stereocenters. The van der Waals surface area contributed by atoms with Crippen LogP contribution in [0.5, 0.6) is 5.75 Å². The van der Waals surface area contributed by atoms with E-state index in [1.807, 2.05) is 18.5 Å². The number of pyridine rings is 1. The van der Waals surface area contributed by atoms with Crippen LogP contribution in [0.25, 0.3) is 0 Å². The predicted octanol–water partition coefficient (Wildman–Crippen LogP) is 4.71. The normalized spacial score (nSPS) is 22.0. The molecular formula is C28H37N3O2. The second-order valence-electron chi connectivity index (χ2n) is 10.3. The Morgan fingerprint density at radius 2 is 1.88 bits per heavy atom. The van der Waals surface area contributed by atoms with E-state index in [1.165, 1.54) is 30.4 Å². The number of rotatable bonds is 3. The average Bonchev–Trinajstić information content (AvgIpc) is 3.68. The van der Waals surface area contributed by atoms with Gasteiger partial charge in [0.1, 0.15) is 12.4 Å². The van der Waals surface area contributed by atoms with E-state index in [-0.39, 0.29) is 5.41 Å². The molecule has 1 aromatic heterocycles. The number of likely N-dealkylation sites (tertiary alicyclic amines) is 1. The molecule has 1 saturated heterocycles. The van der Waals surface area contributed by atoms with Crippen LogP contribution >= 0.6 is 0 Å². The van der Waals surface area contributed by atoms with Crippen LogP contribution in [0.4, 0.5) is 0 Å². The van der Waals surface area contributed by atoms with Crippen LogP contribution in [-0.4, -0.2) is 53.5 Å². The van der Waals surface area contributed by atoms with Crippen molar-refractivity contribution in [2.45, 2.75) is 57.9 Å². The zero-order valence-corrected chi connectivity index (χ0v) is 19.8. The fraction of sp³-hybridized carbons (Fsp3) is 0.571. The molecule has 2 fully saturated rings. The van der Waals surface area contributed by atoms with Crippen LogP contribution in [0.1, 0.15) is 56.1 Å². The van der Waals surface area contributed by atoms with Gasteiger partial charge in [-0.05, 0) is 73.6 Å². The highest BCUT2D eigenvalue weighted by molar-refractivity contribution is 5.81. The summed E-state index contributed by atoms with van der Waals surface area (Å²) in [5.41, 5.74) is 2.86. The Hall–Kier alpha value is -2.40. The predicted molar refractivity (Wildman–Crippen MR) is 130 cm³/mol. The first-order valence-corrected chi connectivity index (χ1v) is 12.8. The van der Waals surface area contributed by atoms with Crippen molar-refractivity contribution in [3.63, 3.8) is 0 Å². The third-order valence-electron chi connectivity index (χ3n) is 7.79. The lowest BCUT2D eigenvalue weighted by Crippen LogP contribution is -2.48. The monoisotopic (exact) mass is 447 g/mol. The minimum Gasteiger partial charge on any atom is -0.492 e. The Bertz CT molecular complexity index is 920. The van der Waals surface area contributed by atoms with E-state index >= 15 is 0 Å². The molecule has 0 bridgehead atoms. The molecule has 176 valence electrons. The average molecular weight is 448 g/mol. The van der Waals surface area contributed by atoms with Gasteiger partial charge in [-0.25, -0.2) is 0 Å². The summed E-state index contributed by atoms with van der Waals surface area (Å²) in [6.45, 7) is 5.41. The van der Waals surface area contributed by atoms with E-state index in [4.69, 9.17) is 4.74 Å². The number of carbonyl (C=O) groups excluding carboxylic acids is 1. The van der Waals surface area contributed by atoms with Crippen molar-refractivity contribution in [3.05, 3.63) is 59.9 Å². The summed E-state index contributed by atoms with van der Waals surface area (Å²) < 4.78 is 6.28. The van der Waals surface area contributed by atoms with E-state index in [9.17, 15) is 4.79 Å². The van der Waals surface area contributed by atoms with Gasteiger partial charge in [0.2, 0.25) is 5.91 Å². The van der Waals surface area contributed by atoms with E-state index < -0.39 is 0 Å². The molecule has 5 rings (SSSR count). The second kappa shape index (κ2) is 10.3. The van der Waals surface area contributed by atoms with Gasteiger partial charge < -0.3 is 9.64 Å². The lowest BCUT2D eigenvalue weighted by Gasteiger charge is -2.45. The molecule has 0 radical (unpaired) electrons. The molecule has 3 aliphatic rings. The number of para-hydroxylation sites is 1. The van der Waals surface area contributed by atoms with Gasteiger partial charge in [-0.1, -0.05) is 30.7 Å². The SMILES string of the molecule is O=C(C1CC1)N1CCC2(CCCCc3ccccc3OCCN(Cc3cccnc3)C2)CC1. The van der Waals surface area contributed by atoms with Crippen molar-refractivity contribution < 1.29 is 9.53 Å². The maximum absolute atomic E-state index is 12.7. The Balaban J connectivity index is 1.32. The number of ether oxygens (including phenoxy) is 1. The molecule has 33 heavy (non-hydrogen) atoms. The second-order valence-corrected chi connectivity index (χ2v) is 10.3. The van der Waals surface area contributed by atoms with Crippen LogP contribution in [-0.2, 0) is 17.8 Å². The molecule has 0 unspecified atom stereocenters. The molecule has 1 aromatic carbocycles. The van der Waals surface area contributed by atoms with Gasteiger partial charge in [-0.2, -0.15) is 0 Å². The number of hydrogen-bond acceptors (Lipinski definition) is 4. The number of amides is 1. The Morgan fingerprint density at radius 3 is 2.67 bits per heavy atom. The zero-order valence-electron chi connectivity index (χ0n) is 19.8. The summed E-state index contributed by atoms with van der Waals surface area (Å²) in [7, 11) is 0. The standard InChI is InChI=1S/C28H37N3O2/c32-27(25-10-11-25)31-16-13-28(14-17-31)12-4-3-8-24-7-1-2-9-26(24)33-19-18-30(22-28)21-23-6-5-15-29-20-23/h1-2,5-7,9,15,20,25H,3-4,8,10-14,16-19,21-22H2. The molecule has 1 spiro atoms. The van der Waals surface area contributed by atoms with Crippen LogP contribution in [0.2, 0.25) is 0 Å². The highest BCUT2D eigenvalue weighted by atomic mass is 16.5. The largest absolute Gasteiger partial charge is 0.492 e. The molecule has 1 saturated carbocycles. The smallest absolute Gasteiger partial charge is 0.225 e. The van der Waals surface area contributed by atoms with E-state index in [1.54, 1.807) is 0 Å². The van der Waals surface area contributed by atoms with Crippen molar-refractivity contribution >= 4 is 5.91 Å². The Kier molecular flexibility index (Phi) is 6.96. The minimum absolute atomic E-state index is 0.279. The molecule has 1 amide bonds. The van der Waals surface area contributed by atoms with Gasteiger partial charge in [0, 0.05) is 51.0 Å². The molecule has 5 heteroatoms. The Morgan fingerprint density at radius 1 is 1.03 bits per heavy atom. The highest BCUT2D eigenvalue weighted by Crippen LogP contribution is 2.40. The van der Waals surface area contributed by atoms with Gasteiger partial charge >= 0.3 is 0 Å². The first kappa shape index (κ1) is 22.4. The number of fused-ring (bicyclic) bond motifs is 1. The number of nitrogens with zero attached hydrogens (tertiary/aromatic N) is 3. The number of carbonyl (C=O) groups is 1. The molecule has 5 nitrogen and oxygen atoms in total. The minimum atomic E-state index is 0.279. The zero-order chi connectivity index (χ0) is 22.5. The maximum atomic E-state index is 12.7. The molecule has 2 aromatic rings. The van der Waals surface area contributed by atoms with Crippen molar-refractivity contribution in [1.82, 2.24) is 14.8 Å². The van der Waals surface area contributed by atoms with Gasteiger partial charge in [-0.15, -0.1) is 0 Å². The lowest BCUT2D eigenvalue weighted by molar-refractivity contribution is -0.135. The van der Waals surface area contributed by atoms with Crippen molar-refractivity contribution in [2.75, 3.05) is 32.8 Å². The Labute approximate surface area is 198 Å². The number of piperidine rings is 1. The van der Waals surface area contributed by atoms with Gasteiger partial charge in [0.05, 0.1) is 0 Å². The fourth-order valence-electron chi connectivity index (χ4n) is 5.67. The maximum Gasteiger partial charge on any atom is 0.225 e. The van der Waals surface area contributed by atoms with Gasteiger partial charge in [-0.3, -0.25) is 14.7 Å². The van der Waals surface area contributed by atoms with Crippen LogP contribution < -0.4 is 4.74 Å². The van der Waals surface area contributed by atoms with E-state index in [0.29, 0.717) is 18.4 Å². The van der Waals surface area contributed by atoms with Crippen molar-refractivity contribution in [2.24, 2.45) is 11.3 Å². The molecule has 1 aliphatic carbocycles. The summed E-state index contributed by atoms with van der Waals surface area (Å²) in [6, 6.07) is 12.7. The number of benzene rings is 1. The number of aryl methyl sites for hydroxylation is 1. The quantitative estimate of drug-likeness (QED) is 0.684. The first-order valence-electron chi connectivity index (χ1n) is 12.8. The third-order valence-corrected chi connectivity index (χ3v) is 7.79. The number of aromatic nitrogens is 1. The third kappa shape index (κ3) is 5.75. The summed E-state index contributed by atoms with van der Waals surface area (Å²) in [6.07, 6.45) is 13.0.